The zero-order valence-corrected chi connectivity index (χ0v) is 16.5. The smallest absolute Gasteiger partial charge is 0.241 e. The molecule has 2 aliphatic heterocycles. The van der Waals surface area contributed by atoms with Crippen LogP contribution in [0.15, 0.2) is 42.5 Å². The van der Waals surface area contributed by atoms with Gasteiger partial charge in [0.1, 0.15) is 0 Å². The maximum absolute atomic E-state index is 12.5. The number of carbonyl (C=O) groups excluding carboxylic acids is 2. The third-order valence-electron chi connectivity index (χ3n) is 5.30. The molecule has 0 unspecified atom stereocenters. The van der Waals surface area contributed by atoms with Crippen molar-refractivity contribution >= 4 is 17.4 Å². The van der Waals surface area contributed by atoms with Crippen molar-refractivity contribution in [3.05, 3.63) is 53.6 Å². The van der Waals surface area contributed by atoms with Crippen LogP contribution in [-0.4, -0.2) is 61.0 Å². The molecule has 1 saturated heterocycles. The van der Waals surface area contributed by atoms with Gasteiger partial charge >= 0.3 is 0 Å². The average Bonchev–Trinajstić information content (AvgIpc) is 3.21. The maximum Gasteiger partial charge on any atom is 0.241 e. The molecule has 1 fully saturated rings. The fraction of sp³-hybridized carbons (Fsp3) is 0.364. The van der Waals surface area contributed by atoms with Gasteiger partial charge in [0.25, 0.3) is 0 Å². The molecule has 0 aromatic heterocycles. The van der Waals surface area contributed by atoms with Crippen LogP contribution in [0.1, 0.15) is 22.8 Å². The summed E-state index contributed by atoms with van der Waals surface area (Å²) >= 11 is 0. The second-order valence-electron chi connectivity index (χ2n) is 7.33. The topological polar surface area (TPSA) is 71.1 Å². The number of hydrogen-bond acceptors (Lipinski definition) is 6. The van der Waals surface area contributed by atoms with Crippen molar-refractivity contribution in [1.82, 2.24) is 9.80 Å². The van der Waals surface area contributed by atoms with Crippen molar-refractivity contribution in [2.75, 3.05) is 44.8 Å². The number of nitrogens with one attached hydrogen (secondary N) is 1. The average molecular weight is 395 g/mol. The number of ketones is 1. The Hall–Kier alpha value is -3.06. The quantitative estimate of drug-likeness (QED) is 0.758. The molecule has 0 saturated carbocycles. The van der Waals surface area contributed by atoms with E-state index in [0.717, 1.165) is 36.8 Å². The standard InChI is InChI=1S/C22H25N3O4/c1-16(26)18-3-5-19(6-4-18)23-13-22(27)25-10-8-24(9-11-25)14-17-2-7-20-21(12-17)29-15-28-20/h2-7,12,23H,8-11,13-15H2,1H3. The van der Waals surface area contributed by atoms with Gasteiger partial charge in [-0.25, -0.2) is 0 Å². The molecule has 2 heterocycles. The first-order valence-electron chi connectivity index (χ1n) is 9.82. The summed E-state index contributed by atoms with van der Waals surface area (Å²) in [5, 5.41) is 3.14. The minimum Gasteiger partial charge on any atom is -0.454 e. The van der Waals surface area contributed by atoms with Crippen molar-refractivity contribution < 1.29 is 19.1 Å². The SMILES string of the molecule is CC(=O)c1ccc(NCC(=O)N2CCN(Cc3ccc4c(c3)OCO4)CC2)cc1. The summed E-state index contributed by atoms with van der Waals surface area (Å²) in [4.78, 5) is 28.1. The van der Waals surface area contributed by atoms with E-state index in [2.05, 4.69) is 16.3 Å². The molecule has 29 heavy (non-hydrogen) atoms. The highest BCUT2D eigenvalue weighted by Gasteiger charge is 2.21. The van der Waals surface area contributed by atoms with E-state index < -0.39 is 0 Å². The van der Waals surface area contributed by atoms with Gasteiger partial charge in [0.05, 0.1) is 6.54 Å². The van der Waals surface area contributed by atoms with Crippen LogP contribution in [0.3, 0.4) is 0 Å². The van der Waals surface area contributed by atoms with Crippen LogP contribution < -0.4 is 14.8 Å². The molecular weight excluding hydrogens is 370 g/mol. The Bertz CT molecular complexity index is 889. The molecule has 1 N–H and O–H groups in total. The first-order chi connectivity index (χ1) is 14.1. The van der Waals surface area contributed by atoms with Crippen molar-refractivity contribution in [2.45, 2.75) is 13.5 Å². The lowest BCUT2D eigenvalue weighted by molar-refractivity contribution is -0.131. The van der Waals surface area contributed by atoms with Crippen molar-refractivity contribution in [3.8, 4) is 11.5 Å². The summed E-state index contributed by atoms with van der Waals surface area (Å²) in [6.07, 6.45) is 0. The van der Waals surface area contributed by atoms with Gasteiger partial charge in [0.15, 0.2) is 17.3 Å². The summed E-state index contributed by atoms with van der Waals surface area (Å²) in [5.74, 6) is 1.72. The zero-order valence-electron chi connectivity index (χ0n) is 16.5. The third kappa shape index (κ3) is 4.68. The fourth-order valence-corrected chi connectivity index (χ4v) is 3.57. The van der Waals surface area contributed by atoms with E-state index >= 15 is 0 Å². The Morgan fingerprint density at radius 1 is 0.966 bits per heavy atom. The molecule has 0 atom stereocenters. The monoisotopic (exact) mass is 395 g/mol. The van der Waals surface area contributed by atoms with Crippen LogP contribution in [0.5, 0.6) is 11.5 Å². The predicted octanol–water partition coefficient (Wildman–Crippen LogP) is 2.37. The van der Waals surface area contributed by atoms with Gasteiger partial charge in [0.2, 0.25) is 12.7 Å². The molecule has 0 bridgehead atoms. The summed E-state index contributed by atoms with van der Waals surface area (Å²) in [6, 6.07) is 13.2. The number of carbonyl (C=O) groups is 2. The third-order valence-corrected chi connectivity index (χ3v) is 5.30. The molecule has 0 aliphatic carbocycles. The highest BCUT2D eigenvalue weighted by atomic mass is 16.7. The number of nitrogens with zero attached hydrogens (tertiary/aromatic N) is 2. The van der Waals surface area contributed by atoms with E-state index in [1.165, 1.54) is 12.5 Å². The van der Waals surface area contributed by atoms with Crippen molar-refractivity contribution in [2.24, 2.45) is 0 Å². The lowest BCUT2D eigenvalue weighted by Gasteiger charge is -2.35. The number of piperazine rings is 1. The molecule has 1 amide bonds. The van der Waals surface area contributed by atoms with E-state index in [1.807, 2.05) is 29.2 Å². The van der Waals surface area contributed by atoms with E-state index in [0.29, 0.717) is 18.7 Å². The Morgan fingerprint density at radius 3 is 2.41 bits per heavy atom. The Kier molecular flexibility index (Phi) is 5.67. The van der Waals surface area contributed by atoms with Crippen molar-refractivity contribution in [3.63, 3.8) is 0 Å². The second-order valence-corrected chi connectivity index (χ2v) is 7.33. The van der Waals surface area contributed by atoms with Crippen LogP contribution in [-0.2, 0) is 11.3 Å². The lowest BCUT2D eigenvalue weighted by atomic mass is 10.1. The highest BCUT2D eigenvalue weighted by Crippen LogP contribution is 2.32. The molecule has 0 spiro atoms. The van der Waals surface area contributed by atoms with E-state index in [9.17, 15) is 9.59 Å². The largest absolute Gasteiger partial charge is 0.454 e. The van der Waals surface area contributed by atoms with Gasteiger partial charge in [-0.3, -0.25) is 14.5 Å². The van der Waals surface area contributed by atoms with Gasteiger partial charge in [0, 0.05) is 44.0 Å². The van der Waals surface area contributed by atoms with Crippen LogP contribution in [0.2, 0.25) is 0 Å². The van der Waals surface area contributed by atoms with Crippen LogP contribution in [0, 0.1) is 0 Å². The Balaban J connectivity index is 1.22. The summed E-state index contributed by atoms with van der Waals surface area (Å²) < 4.78 is 10.8. The molecule has 0 radical (unpaired) electrons. The molecule has 2 aromatic rings. The number of hydrogen-bond donors (Lipinski definition) is 1. The fourth-order valence-electron chi connectivity index (χ4n) is 3.57. The number of anilines is 1. The number of amides is 1. The van der Waals surface area contributed by atoms with Gasteiger partial charge in [-0.15, -0.1) is 0 Å². The summed E-state index contributed by atoms with van der Waals surface area (Å²) in [7, 11) is 0. The molecule has 7 heteroatoms. The van der Waals surface area contributed by atoms with Crippen molar-refractivity contribution in [1.29, 1.82) is 0 Å². The molecule has 7 nitrogen and oxygen atoms in total. The molecule has 2 aliphatic rings. The number of Topliss-reactive ketones (excluding diaryl/α,β-unsaturated/α-hetero) is 1. The second kappa shape index (κ2) is 8.53. The first kappa shape index (κ1) is 19.3. The minimum absolute atomic E-state index is 0.0336. The Labute approximate surface area is 170 Å². The van der Waals surface area contributed by atoms with Gasteiger partial charge < -0.3 is 19.7 Å². The van der Waals surface area contributed by atoms with Gasteiger partial charge in [-0.2, -0.15) is 0 Å². The number of rotatable bonds is 6. The van der Waals surface area contributed by atoms with Gasteiger partial charge in [-0.1, -0.05) is 6.07 Å². The Morgan fingerprint density at radius 2 is 1.69 bits per heavy atom. The summed E-state index contributed by atoms with van der Waals surface area (Å²) in [6.45, 7) is 6.03. The maximum atomic E-state index is 12.5. The van der Waals surface area contributed by atoms with Gasteiger partial charge in [-0.05, 0) is 48.9 Å². The first-order valence-corrected chi connectivity index (χ1v) is 9.82. The number of fused-ring (bicyclic) bond motifs is 1. The molecule has 2 aromatic carbocycles. The van der Waals surface area contributed by atoms with Crippen LogP contribution in [0.4, 0.5) is 5.69 Å². The highest BCUT2D eigenvalue weighted by molar-refractivity contribution is 5.94. The molecular formula is C22H25N3O4. The summed E-state index contributed by atoms with van der Waals surface area (Å²) in [5.41, 5.74) is 2.69. The zero-order chi connectivity index (χ0) is 20.2. The minimum atomic E-state index is 0.0336. The number of benzene rings is 2. The van der Waals surface area contributed by atoms with E-state index in [-0.39, 0.29) is 25.0 Å². The molecule has 4 rings (SSSR count). The normalized spacial score (nSPS) is 16.0. The number of ether oxygens (including phenoxy) is 2. The lowest BCUT2D eigenvalue weighted by Crippen LogP contribution is -2.49. The van der Waals surface area contributed by atoms with E-state index in [1.54, 1.807) is 12.1 Å². The van der Waals surface area contributed by atoms with E-state index in [4.69, 9.17) is 9.47 Å². The van der Waals surface area contributed by atoms with Crippen LogP contribution >= 0.6 is 0 Å². The predicted molar refractivity (Wildman–Crippen MR) is 109 cm³/mol. The molecule has 152 valence electrons. The van der Waals surface area contributed by atoms with Crippen LogP contribution in [0.25, 0.3) is 0 Å².